The molecule has 0 radical (unpaired) electrons. The number of hydrogen-bond acceptors (Lipinski definition) is 4. The van der Waals surface area contributed by atoms with Gasteiger partial charge in [0.25, 0.3) is 5.91 Å². The summed E-state index contributed by atoms with van der Waals surface area (Å²) in [6.07, 6.45) is 4.05. The van der Waals surface area contributed by atoms with Crippen molar-refractivity contribution in [2.24, 2.45) is 5.92 Å². The first kappa shape index (κ1) is 16.8. The second-order valence-electron chi connectivity index (χ2n) is 4.75. The van der Waals surface area contributed by atoms with Crippen molar-refractivity contribution in [2.45, 2.75) is 20.3 Å². The van der Waals surface area contributed by atoms with Crippen molar-refractivity contribution in [2.75, 3.05) is 30.4 Å². The van der Waals surface area contributed by atoms with Gasteiger partial charge in [-0.3, -0.25) is 4.79 Å². The molecule has 1 atom stereocenters. The van der Waals surface area contributed by atoms with Crippen LogP contribution in [0.25, 0.3) is 0 Å². The number of amides is 1. The minimum atomic E-state index is -0.505. The minimum Gasteiger partial charge on any atom is -0.369 e. The second-order valence-corrected chi connectivity index (χ2v) is 5.66. The van der Waals surface area contributed by atoms with Crippen molar-refractivity contribution in [1.82, 2.24) is 10.3 Å². The zero-order chi connectivity index (χ0) is 15.0. The van der Waals surface area contributed by atoms with Crippen LogP contribution in [0.2, 0.25) is 0 Å². The number of carbonyl (C=O) groups is 1. The van der Waals surface area contributed by atoms with Crippen LogP contribution in [0, 0.1) is 11.7 Å². The zero-order valence-corrected chi connectivity index (χ0v) is 13.0. The quantitative estimate of drug-likeness (QED) is 0.775. The fourth-order valence-corrected chi connectivity index (χ4v) is 2.39. The summed E-state index contributed by atoms with van der Waals surface area (Å²) in [5, 5.41) is 5.87. The van der Waals surface area contributed by atoms with Crippen LogP contribution in [0.1, 0.15) is 30.6 Å². The van der Waals surface area contributed by atoms with Crippen molar-refractivity contribution in [1.29, 1.82) is 0 Å². The van der Waals surface area contributed by atoms with Crippen LogP contribution < -0.4 is 10.6 Å². The smallest absolute Gasteiger partial charge is 0.255 e. The standard InChI is InChI=1S/C14H22FN3OS/c1-4-5-16-13-12(6-11(15)8-17-13)14(19)18-7-10(2)9-20-3/h6,8,10H,4-5,7,9H2,1-3H3,(H,16,17)(H,18,19). The molecule has 1 rings (SSSR count). The molecule has 0 saturated carbocycles. The topological polar surface area (TPSA) is 54.0 Å². The third-order valence-electron chi connectivity index (χ3n) is 2.70. The number of rotatable bonds is 8. The molecule has 20 heavy (non-hydrogen) atoms. The number of thioether (sulfide) groups is 1. The maximum Gasteiger partial charge on any atom is 0.255 e. The first-order valence-corrected chi connectivity index (χ1v) is 8.14. The molecule has 112 valence electrons. The van der Waals surface area contributed by atoms with E-state index in [1.165, 1.54) is 6.07 Å². The predicted octanol–water partition coefficient (Wildman–Crippen LogP) is 2.77. The van der Waals surface area contributed by atoms with Crippen LogP contribution in [-0.4, -0.2) is 36.0 Å². The first-order chi connectivity index (χ1) is 9.58. The Labute approximate surface area is 123 Å². The van der Waals surface area contributed by atoms with E-state index in [1.807, 2.05) is 13.2 Å². The highest BCUT2D eigenvalue weighted by Crippen LogP contribution is 2.14. The van der Waals surface area contributed by atoms with Gasteiger partial charge >= 0.3 is 0 Å². The van der Waals surface area contributed by atoms with Crippen LogP contribution in [-0.2, 0) is 0 Å². The van der Waals surface area contributed by atoms with Gasteiger partial charge in [0.05, 0.1) is 11.8 Å². The van der Waals surface area contributed by atoms with E-state index < -0.39 is 5.82 Å². The molecule has 1 aromatic heterocycles. The van der Waals surface area contributed by atoms with E-state index in [2.05, 4.69) is 22.5 Å². The molecule has 1 unspecified atom stereocenters. The zero-order valence-electron chi connectivity index (χ0n) is 12.2. The number of hydrogen-bond donors (Lipinski definition) is 2. The predicted molar refractivity (Wildman–Crippen MR) is 82.9 cm³/mol. The normalized spacial score (nSPS) is 12.0. The van der Waals surface area contributed by atoms with Gasteiger partial charge in [0, 0.05) is 13.1 Å². The molecular weight excluding hydrogens is 277 g/mol. The van der Waals surface area contributed by atoms with Gasteiger partial charge in [0.15, 0.2) is 0 Å². The lowest BCUT2D eigenvalue weighted by Crippen LogP contribution is -2.30. The van der Waals surface area contributed by atoms with Gasteiger partial charge in [-0.25, -0.2) is 9.37 Å². The van der Waals surface area contributed by atoms with Crippen LogP contribution in [0.3, 0.4) is 0 Å². The summed E-state index contributed by atoms with van der Waals surface area (Å²) in [6, 6.07) is 1.22. The highest BCUT2D eigenvalue weighted by Gasteiger charge is 2.14. The fraction of sp³-hybridized carbons (Fsp3) is 0.571. The molecule has 0 aliphatic carbocycles. The molecule has 2 N–H and O–H groups in total. The average Bonchev–Trinajstić information content (AvgIpc) is 2.43. The number of aromatic nitrogens is 1. The van der Waals surface area contributed by atoms with Gasteiger partial charge in [-0.15, -0.1) is 0 Å². The number of halogens is 1. The van der Waals surface area contributed by atoms with E-state index in [1.54, 1.807) is 11.8 Å². The largest absolute Gasteiger partial charge is 0.369 e. The molecule has 0 fully saturated rings. The maximum atomic E-state index is 13.3. The summed E-state index contributed by atoms with van der Waals surface area (Å²) in [6.45, 7) is 5.35. The summed E-state index contributed by atoms with van der Waals surface area (Å²) < 4.78 is 13.3. The summed E-state index contributed by atoms with van der Waals surface area (Å²) >= 11 is 1.74. The van der Waals surface area contributed by atoms with Gasteiger partial charge in [-0.1, -0.05) is 13.8 Å². The first-order valence-electron chi connectivity index (χ1n) is 6.75. The minimum absolute atomic E-state index is 0.259. The Bertz CT molecular complexity index is 442. The van der Waals surface area contributed by atoms with E-state index >= 15 is 0 Å². The number of nitrogens with one attached hydrogen (secondary N) is 2. The van der Waals surface area contributed by atoms with Crippen LogP contribution >= 0.6 is 11.8 Å². The lowest BCUT2D eigenvalue weighted by molar-refractivity contribution is 0.0949. The Balaban J connectivity index is 2.72. The molecule has 0 bridgehead atoms. The van der Waals surface area contributed by atoms with Gasteiger partial charge < -0.3 is 10.6 Å². The van der Waals surface area contributed by atoms with Gasteiger partial charge in [0.2, 0.25) is 0 Å². The summed E-state index contributed by atoms with van der Waals surface area (Å²) in [7, 11) is 0. The third-order valence-corrected chi connectivity index (χ3v) is 3.61. The van der Waals surface area contributed by atoms with Crippen molar-refractivity contribution < 1.29 is 9.18 Å². The van der Waals surface area contributed by atoms with E-state index in [0.717, 1.165) is 18.4 Å². The fourth-order valence-electron chi connectivity index (χ4n) is 1.70. The highest BCUT2D eigenvalue weighted by atomic mass is 32.2. The molecular formula is C14H22FN3OS. The molecule has 1 heterocycles. The average molecular weight is 299 g/mol. The Morgan fingerprint density at radius 3 is 2.95 bits per heavy atom. The number of anilines is 1. The molecule has 0 aromatic carbocycles. The maximum absolute atomic E-state index is 13.3. The Morgan fingerprint density at radius 1 is 1.55 bits per heavy atom. The molecule has 4 nitrogen and oxygen atoms in total. The second kappa shape index (κ2) is 8.79. The van der Waals surface area contributed by atoms with Crippen LogP contribution in [0.15, 0.2) is 12.3 Å². The van der Waals surface area contributed by atoms with E-state index in [9.17, 15) is 9.18 Å². The molecule has 0 saturated heterocycles. The van der Waals surface area contributed by atoms with Gasteiger partial charge in [0.1, 0.15) is 11.6 Å². The number of carbonyl (C=O) groups excluding carboxylic acids is 1. The van der Waals surface area contributed by atoms with Crippen molar-refractivity contribution in [3.05, 3.63) is 23.6 Å². The van der Waals surface area contributed by atoms with Crippen LogP contribution in [0.4, 0.5) is 10.2 Å². The Morgan fingerprint density at radius 2 is 2.30 bits per heavy atom. The Kier molecular flexibility index (Phi) is 7.36. The third kappa shape index (κ3) is 5.36. The van der Waals surface area contributed by atoms with Gasteiger partial charge in [-0.05, 0) is 30.4 Å². The lowest BCUT2D eigenvalue weighted by Gasteiger charge is -2.13. The monoisotopic (exact) mass is 299 g/mol. The summed E-state index contributed by atoms with van der Waals surface area (Å²) in [4.78, 5) is 16.1. The molecule has 1 amide bonds. The lowest BCUT2D eigenvalue weighted by atomic mass is 10.2. The summed E-state index contributed by atoms with van der Waals surface area (Å²) in [5.74, 6) is 0.992. The molecule has 0 aliphatic heterocycles. The van der Waals surface area contributed by atoms with Crippen molar-refractivity contribution in [3.63, 3.8) is 0 Å². The van der Waals surface area contributed by atoms with Crippen molar-refractivity contribution in [3.8, 4) is 0 Å². The number of nitrogens with zero attached hydrogens (tertiary/aromatic N) is 1. The van der Waals surface area contributed by atoms with Crippen molar-refractivity contribution >= 4 is 23.5 Å². The summed E-state index contributed by atoms with van der Waals surface area (Å²) in [5.41, 5.74) is 0.259. The van der Waals surface area contributed by atoms with Crippen LogP contribution in [0.5, 0.6) is 0 Å². The molecule has 0 spiro atoms. The van der Waals surface area contributed by atoms with E-state index in [4.69, 9.17) is 0 Å². The number of pyridine rings is 1. The molecule has 0 aliphatic rings. The SMILES string of the molecule is CCCNc1ncc(F)cc1C(=O)NCC(C)CSC. The highest BCUT2D eigenvalue weighted by molar-refractivity contribution is 7.98. The van der Waals surface area contributed by atoms with Gasteiger partial charge in [-0.2, -0.15) is 11.8 Å². The molecule has 1 aromatic rings. The van der Waals surface area contributed by atoms with E-state index in [0.29, 0.717) is 24.8 Å². The Hall–Kier alpha value is -1.30. The molecule has 6 heteroatoms. The van der Waals surface area contributed by atoms with E-state index in [-0.39, 0.29) is 11.5 Å².